The van der Waals surface area contributed by atoms with E-state index in [4.69, 9.17) is 4.74 Å². The summed E-state index contributed by atoms with van der Waals surface area (Å²) in [6.07, 6.45) is 0. The quantitative estimate of drug-likeness (QED) is 0.436. The Morgan fingerprint density at radius 2 is 1.72 bits per heavy atom. The summed E-state index contributed by atoms with van der Waals surface area (Å²) in [5.74, 6) is -0.267. The van der Waals surface area contributed by atoms with Crippen molar-refractivity contribution in [3.8, 4) is 11.6 Å². The molecule has 3 aromatic rings. The number of benzene rings is 2. The Kier molecular flexibility index (Phi) is 7.16. The third kappa shape index (κ3) is 5.09. The number of aromatic hydroxyl groups is 1. The molecule has 0 saturated carbocycles. The van der Waals surface area contributed by atoms with Crippen LogP contribution in [0.25, 0.3) is 0 Å². The van der Waals surface area contributed by atoms with E-state index >= 15 is 0 Å². The SMILES string of the molecule is COc1ccc(NC(=O)CSC(=Nc2ccccc2)c2c(O)n(C)c(=O)n(C)c2=O)cc1. The molecule has 32 heavy (non-hydrogen) atoms. The van der Waals surface area contributed by atoms with Crippen LogP contribution in [-0.4, -0.2) is 38.1 Å². The van der Waals surface area contributed by atoms with E-state index in [-0.39, 0.29) is 22.3 Å². The van der Waals surface area contributed by atoms with Crippen LogP contribution in [0.15, 0.2) is 69.2 Å². The molecule has 3 rings (SSSR count). The van der Waals surface area contributed by atoms with E-state index in [1.54, 1.807) is 55.6 Å². The van der Waals surface area contributed by atoms with Crippen LogP contribution >= 0.6 is 11.8 Å². The van der Waals surface area contributed by atoms with E-state index in [9.17, 15) is 19.5 Å². The Morgan fingerprint density at radius 1 is 1.06 bits per heavy atom. The minimum Gasteiger partial charge on any atom is -0.497 e. The highest BCUT2D eigenvalue weighted by atomic mass is 32.2. The number of hydrogen-bond acceptors (Lipinski definition) is 7. The normalized spacial score (nSPS) is 11.3. The number of para-hydroxylation sites is 1. The van der Waals surface area contributed by atoms with E-state index < -0.39 is 17.1 Å². The van der Waals surface area contributed by atoms with Gasteiger partial charge in [-0.05, 0) is 36.4 Å². The van der Waals surface area contributed by atoms with Gasteiger partial charge in [0.25, 0.3) is 5.56 Å². The van der Waals surface area contributed by atoms with Gasteiger partial charge in [-0.15, -0.1) is 0 Å². The van der Waals surface area contributed by atoms with Crippen LogP contribution in [0.1, 0.15) is 5.56 Å². The molecule has 0 saturated heterocycles. The molecule has 2 N–H and O–H groups in total. The third-order valence-corrected chi connectivity index (χ3v) is 5.52. The molecule has 1 aromatic heterocycles. The van der Waals surface area contributed by atoms with E-state index in [2.05, 4.69) is 10.3 Å². The van der Waals surface area contributed by atoms with E-state index in [1.165, 1.54) is 14.1 Å². The van der Waals surface area contributed by atoms with Crippen molar-refractivity contribution in [3.63, 3.8) is 0 Å². The number of methoxy groups -OCH3 is 1. The number of thioether (sulfide) groups is 1. The van der Waals surface area contributed by atoms with Gasteiger partial charge >= 0.3 is 5.69 Å². The molecule has 166 valence electrons. The first-order valence-electron chi connectivity index (χ1n) is 9.51. The summed E-state index contributed by atoms with van der Waals surface area (Å²) >= 11 is 0.981. The summed E-state index contributed by atoms with van der Waals surface area (Å²) in [5.41, 5.74) is -0.415. The average molecular weight is 455 g/mol. The van der Waals surface area contributed by atoms with Gasteiger partial charge in [-0.3, -0.25) is 18.7 Å². The number of amides is 1. The lowest BCUT2D eigenvalue weighted by molar-refractivity contribution is -0.113. The number of aromatic nitrogens is 2. The zero-order chi connectivity index (χ0) is 23.3. The molecule has 0 fully saturated rings. The lowest BCUT2D eigenvalue weighted by atomic mass is 10.3. The van der Waals surface area contributed by atoms with Crippen molar-refractivity contribution in [1.82, 2.24) is 9.13 Å². The van der Waals surface area contributed by atoms with Gasteiger partial charge in [0.1, 0.15) is 16.4 Å². The number of nitrogens with one attached hydrogen (secondary N) is 1. The average Bonchev–Trinajstić information content (AvgIpc) is 2.81. The number of hydrogen-bond donors (Lipinski definition) is 2. The minimum atomic E-state index is -0.705. The summed E-state index contributed by atoms with van der Waals surface area (Å²) in [6.45, 7) is 0. The second kappa shape index (κ2) is 10.0. The summed E-state index contributed by atoms with van der Waals surface area (Å²) in [4.78, 5) is 41.8. The number of ether oxygens (including phenoxy) is 1. The summed E-state index contributed by atoms with van der Waals surface area (Å²) in [5, 5.41) is 13.4. The van der Waals surface area contributed by atoms with Crippen LogP contribution in [0.4, 0.5) is 11.4 Å². The second-order valence-electron chi connectivity index (χ2n) is 6.72. The van der Waals surface area contributed by atoms with Crippen molar-refractivity contribution in [2.24, 2.45) is 19.1 Å². The Bertz CT molecular complexity index is 1260. The van der Waals surface area contributed by atoms with Crippen LogP contribution in [0, 0.1) is 0 Å². The molecule has 0 unspecified atom stereocenters. The smallest absolute Gasteiger partial charge is 0.333 e. The maximum atomic E-state index is 12.8. The van der Waals surface area contributed by atoms with Gasteiger partial charge in [-0.2, -0.15) is 0 Å². The first-order chi connectivity index (χ1) is 15.3. The van der Waals surface area contributed by atoms with Crippen molar-refractivity contribution < 1.29 is 14.6 Å². The van der Waals surface area contributed by atoms with Crippen LogP contribution < -0.4 is 21.3 Å². The Morgan fingerprint density at radius 3 is 2.34 bits per heavy atom. The Balaban J connectivity index is 1.92. The van der Waals surface area contributed by atoms with Gasteiger partial charge in [0.05, 0.1) is 18.6 Å². The standard InChI is InChI=1S/C22H22N4O5S/c1-25-20(28)18(21(29)26(2)22(25)30)19(24-14-7-5-4-6-8-14)32-13-17(27)23-15-9-11-16(31-3)12-10-15/h4-12,28H,13H2,1-3H3,(H,23,27). The highest BCUT2D eigenvalue weighted by molar-refractivity contribution is 8.15. The molecular formula is C22H22N4O5S. The third-order valence-electron chi connectivity index (χ3n) is 4.55. The number of aliphatic imine (C=N–C) groups is 1. The topological polar surface area (TPSA) is 115 Å². The van der Waals surface area contributed by atoms with Crippen molar-refractivity contribution in [3.05, 3.63) is 81.0 Å². The Labute approximate surface area is 188 Å². The molecule has 0 aliphatic carbocycles. The number of anilines is 1. The fourth-order valence-electron chi connectivity index (χ4n) is 2.81. The Hall–Kier alpha value is -3.79. The molecule has 0 aliphatic heterocycles. The fraction of sp³-hybridized carbons (Fsp3) is 0.182. The van der Waals surface area contributed by atoms with E-state index in [0.717, 1.165) is 20.9 Å². The van der Waals surface area contributed by atoms with Gasteiger partial charge in [-0.1, -0.05) is 30.0 Å². The number of nitrogens with zero attached hydrogens (tertiary/aromatic N) is 3. The number of carbonyl (C=O) groups is 1. The predicted octanol–water partition coefficient (Wildman–Crippen LogP) is 2.25. The second-order valence-corrected chi connectivity index (χ2v) is 7.69. The summed E-state index contributed by atoms with van der Waals surface area (Å²) in [7, 11) is 4.22. The molecule has 0 bridgehead atoms. The maximum absolute atomic E-state index is 12.8. The van der Waals surface area contributed by atoms with Gasteiger partial charge in [0.2, 0.25) is 11.8 Å². The summed E-state index contributed by atoms with van der Waals surface area (Å²) in [6, 6.07) is 15.7. The van der Waals surface area contributed by atoms with E-state index in [1.807, 2.05) is 6.07 Å². The number of rotatable bonds is 6. The molecule has 1 amide bonds. The van der Waals surface area contributed by atoms with Gasteiger partial charge in [0, 0.05) is 19.8 Å². The largest absolute Gasteiger partial charge is 0.497 e. The van der Waals surface area contributed by atoms with Gasteiger partial charge in [-0.25, -0.2) is 9.79 Å². The van der Waals surface area contributed by atoms with E-state index in [0.29, 0.717) is 17.1 Å². The first kappa shape index (κ1) is 22.9. The van der Waals surface area contributed by atoms with Gasteiger partial charge in [0.15, 0.2) is 0 Å². The summed E-state index contributed by atoms with van der Waals surface area (Å²) < 4.78 is 6.93. The predicted molar refractivity (Wildman–Crippen MR) is 125 cm³/mol. The van der Waals surface area contributed by atoms with Crippen LogP contribution in [0.2, 0.25) is 0 Å². The maximum Gasteiger partial charge on any atom is 0.333 e. The van der Waals surface area contributed by atoms with Crippen molar-refractivity contribution in [1.29, 1.82) is 0 Å². The minimum absolute atomic E-state index is 0.0802. The van der Waals surface area contributed by atoms with Crippen molar-refractivity contribution in [2.75, 3.05) is 18.2 Å². The number of carbonyl (C=O) groups excluding carboxylic acids is 1. The zero-order valence-electron chi connectivity index (χ0n) is 17.7. The fourth-order valence-corrected chi connectivity index (χ4v) is 3.64. The van der Waals surface area contributed by atoms with Crippen LogP contribution in [0.3, 0.4) is 0 Å². The lowest BCUT2D eigenvalue weighted by Crippen LogP contribution is -2.39. The molecular weight excluding hydrogens is 432 g/mol. The highest BCUT2D eigenvalue weighted by Crippen LogP contribution is 2.23. The first-order valence-corrected chi connectivity index (χ1v) is 10.5. The lowest BCUT2D eigenvalue weighted by Gasteiger charge is -2.12. The monoisotopic (exact) mass is 454 g/mol. The molecule has 1 heterocycles. The van der Waals surface area contributed by atoms with Crippen LogP contribution in [0.5, 0.6) is 11.6 Å². The molecule has 0 spiro atoms. The van der Waals surface area contributed by atoms with Crippen molar-refractivity contribution in [2.45, 2.75) is 0 Å². The molecule has 0 aliphatic rings. The van der Waals surface area contributed by atoms with Crippen molar-refractivity contribution >= 4 is 34.1 Å². The molecule has 2 aromatic carbocycles. The highest BCUT2D eigenvalue weighted by Gasteiger charge is 2.21. The van der Waals surface area contributed by atoms with Gasteiger partial charge < -0.3 is 15.2 Å². The molecule has 0 radical (unpaired) electrons. The molecule has 0 atom stereocenters. The zero-order valence-corrected chi connectivity index (χ0v) is 18.5. The molecule has 10 heteroatoms. The molecule has 9 nitrogen and oxygen atoms in total. The van der Waals surface area contributed by atoms with Crippen LogP contribution in [-0.2, 0) is 18.9 Å².